The van der Waals surface area contributed by atoms with Gasteiger partial charge in [-0.1, -0.05) is 6.07 Å². The van der Waals surface area contributed by atoms with Crippen LogP contribution in [0.3, 0.4) is 0 Å². The molecule has 1 atom stereocenters. The number of aromatic nitrogens is 2. The third-order valence-corrected chi connectivity index (χ3v) is 4.72. The average Bonchev–Trinajstić information content (AvgIpc) is 3.12. The lowest BCUT2D eigenvalue weighted by Crippen LogP contribution is -2.48. The first-order valence-electron chi connectivity index (χ1n) is 8.18. The second-order valence-corrected chi connectivity index (χ2v) is 6.60. The molecule has 6 heteroatoms. The molecule has 1 aliphatic carbocycles. The monoisotopic (exact) mass is 339 g/mol. The van der Waals surface area contributed by atoms with Crippen molar-refractivity contribution in [3.63, 3.8) is 0 Å². The molecule has 2 aromatic carbocycles. The van der Waals surface area contributed by atoms with E-state index in [0.29, 0.717) is 23.8 Å². The molecule has 4 rings (SSSR count). The van der Waals surface area contributed by atoms with Gasteiger partial charge in [0.1, 0.15) is 5.82 Å². The Morgan fingerprint density at radius 1 is 1.04 bits per heavy atom. The van der Waals surface area contributed by atoms with E-state index in [-0.39, 0.29) is 12.4 Å². The summed E-state index contributed by atoms with van der Waals surface area (Å²) >= 11 is 0. The third kappa shape index (κ3) is 3.06. The third-order valence-electron chi connectivity index (χ3n) is 4.72. The zero-order valence-corrected chi connectivity index (χ0v) is 13.6. The number of benzene rings is 2. The largest absolute Gasteiger partial charge is 0.416 e. The smallest absolute Gasteiger partial charge is 0.248 e. The van der Waals surface area contributed by atoms with Crippen molar-refractivity contribution in [2.75, 3.05) is 6.61 Å². The van der Waals surface area contributed by atoms with E-state index in [1.807, 2.05) is 18.2 Å². The molecule has 0 aliphatic heterocycles. The number of aliphatic hydroxyl groups is 1. The fourth-order valence-electron chi connectivity index (χ4n) is 3.20. The van der Waals surface area contributed by atoms with Gasteiger partial charge < -0.3 is 15.3 Å². The maximum Gasteiger partial charge on any atom is 0.248 e. The van der Waals surface area contributed by atoms with E-state index in [1.54, 1.807) is 12.1 Å². The van der Waals surface area contributed by atoms with Crippen molar-refractivity contribution in [1.29, 1.82) is 0 Å². The van der Waals surface area contributed by atoms with Crippen LogP contribution in [0.5, 0.6) is 0 Å². The van der Waals surface area contributed by atoms with Crippen LogP contribution in [-0.2, 0) is 12.8 Å². The van der Waals surface area contributed by atoms with Gasteiger partial charge >= 0.3 is 0 Å². The van der Waals surface area contributed by atoms with Gasteiger partial charge in [0.05, 0.1) is 6.61 Å². The number of fused-ring (bicyclic) bond motifs is 1. The summed E-state index contributed by atoms with van der Waals surface area (Å²) in [5.74, 6) is 0.472. The molecular weight excluding hydrogens is 321 g/mol. The lowest BCUT2D eigenvalue weighted by Gasteiger charge is -2.33. The van der Waals surface area contributed by atoms with E-state index < -0.39 is 5.54 Å². The maximum absolute atomic E-state index is 13.0. The molecule has 0 bridgehead atoms. The lowest BCUT2D eigenvalue weighted by atomic mass is 9.78. The number of aliphatic hydroxyl groups excluding tert-OH is 1. The van der Waals surface area contributed by atoms with Crippen LogP contribution in [0.25, 0.3) is 22.9 Å². The molecule has 128 valence electrons. The highest BCUT2D eigenvalue weighted by Crippen LogP contribution is 2.31. The predicted molar refractivity (Wildman–Crippen MR) is 91.2 cm³/mol. The van der Waals surface area contributed by atoms with Crippen molar-refractivity contribution in [2.24, 2.45) is 5.73 Å². The number of rotatable bonds is 3. The Morgan fingerprint density at radius 2 is 1.72 bits per heavy atom. The van der Waals surface area contributed by atoms with E-state index >= 15 is 0 Å². The number of nitrogens with two attached hydrogens (primary N) is 1. The highest BCUT2D eigenvalue weighted by molar-refractivity contribution is 5.59. The van der Waals surface area contributed by atoms with Crippen molar-refractivity contribution in [3.8, 4) is 22.9 Å². The minimum Gasteiger partial charge on any atom is -0.416 e. The van der Waals surface area contributed by atoms with Crippen LogP contribution in [0.2, 0.25) is 0 Å². The molecule has 0 spiro atoms. The highest BCUT2D eigenvalue weighted by Gasteiger charge is 2.30. The second kappa shape index (κ2) is 6.06. The number of halogens is 1. The molecule has 5 nitrogen and oxygen atoms in total. The first-order valence-corrected chi connectivity index (χ1v) is 8.18. The van der Waals surface area contributed by atoms with Gasteiger partial charge in [0.15, 0.2) is 0 Å². The minimum atomic E-state index is -0.533. The predicted octanol–water partition coefficient (Wildman–Crippen LogP) is 2.72. The van der Waals surface area contributed by atoms with Crippen LogP contribution in [0, 0.1) is 5.82 Å². The Balaban J connectivity index is 1.62. The Bertz CT molecular complexity index is 907. The summed E-state index contributed by atoms with van der Waals surface area (Å²) < 4.78 is 18.8. The second-order valence-electron chi connectivity index (χ2n) is 6.60. The van der Waals surface area contributed by atoms with Crippen molar-refractivity contribution in [2.45, 2.75) is 24.8 Å². The SMILES string of the molecule is NC1(CO)CCc2cc(-c3nnc(-c4ccc(F)cc4)o3)ccc2C1. The molecule has 3 N–H and O–H groups in total. The zero-order valence-electron chi connectivity index (χ0n) is 13.6. The van der Waals surface area contributed by atoms with E-state index in [4.69, 9.17) is 10.2 Å². The summed E-state index contributed by atoms with van der Waals surface area (Å²) in [5.41, 5.74) is 9.50. The minimum absolute atomic E-state index is 0.0150. The van der Waals surface area contributed by atoms with Gasteiger partial charge in [0.2, 0.25) is 11.8 Å². The molecule has 1 heterocycles. The molecule has 3 aromatic rings. The van der Waals surface area contributed by atoms with Gasteiger partial charge in [-0.3, -0.25) is 0 Å². The van der Waals surface area contributed by atoms with Crippen LogP contribution in [0.1, 0.15) is 17.5 Å². The standard InChI is InChI=1S/C19H18FN3O2/c20-16-5-3-12(4-6-16)17-22-23-18(25-17)14-1-2-15-10-19(21,11-24)8-7-13(15)9-14/h1-6,9,24H,7-8,10-11,21H2. The molecule has 0 saturated heterocycles. The summed E-state index contributed by atoms with van der Waals surface area (Å²) in [5, 5.41) is 17.6. The maximum atomic E-state index is 13.0. The summed E-state index contributed by atoms with van der Waals surface area (Å²) in [4.78, 5) is 0. The molecule has 0 saturated carbocycles. The van der Waals surface area contributed by atoms with Gasteiger partial charge in [-0.2, -0.15) is 0 Å². The number of nitrogens with zero attached hydrogens (tertiary/aromatic N) is 2. The summed E-state index contributed by atoms with van der Waals surface area (Å²) in [7, 11) is 0. The lowest BCUT2D eigenvalue weighted by molar-refractivity contribution is 0.181. The first-order chi connectivity index (χ1) is 12.1. The van der Waals surface area contributed by atoms with Crippen LogP contribution in [0.4, 0.5) is 4.39 Å². The number of hydrogen-bond donors (Lipinski definition) is 2. The van der Waals surface area contributed by atoms with Crippen molar-refractivity contribution in [3.05, 3.63) is 59.4 Å². The normalized spacial score (nSPS) is 19.6. The van der Waals surface area contributed by atoms with E-state index in [1.165, 1.54) is 17.7 Å². The van der Waals surface area contributed by atoms with Gasteiger partial charge in [-0.25, -0.2) is 4.39 Å². The van der Waals surface area contributed by atoms with Crippen LogP contribution in [0.15, 0.2) is 46.9 Å². The molecule has 0 radical (unpaired) electrons. The summed E-state index contributed by atoms with van der Waals surface area (Å²) in [6.45, 7) is -0.0150. The molecule has 1 unspecified atom stereocenters. The van der Waals surface area contributed by atoms with E-state index in [9.17, 15) is 9.50 Å². The van der Waals surface area contributed by atoms with Gasteiger partial charge in [0.25, 0.3) is 0 Å². The average molecular weight is 339 g/mol. The Morgan fingerprint density at radius 3 is 2.44 bits per heavy atom. The highest BCUT2D eigenvalue weighted by atomic mass is 19.1. The van der Waals surface area contributed by atoms with Crippen molar-refractivity contribution < 1.29 is 13.9 Å². The van der Waals surface area contributed by atoms with Gasteiger partial charge in [0, 0.05) is 16.7 Å². The van der Waals surface area contributed by atoms with Gasteiger partial charge in [-0.05, 0) is 66.8 Å². The van der Waals surface area contributed by atoms with Crippen LogP contribution < -0.4 is 5.73 Å². The Hall–Kier alpha value is -2.57. The summed E-state index contributed by atoms with van der Waals surface area (Å²) in [6.07, 6.45) is 2.20. The van der Waals surface area contributed by atoms with Crippen LogP contribution in [-0.4, -0.2) is 27.4 Å². The number of hydrogen-bond acceptors (Lipinski definition) is 5. The molecule has 1 aromatic heterocycles. The quantitative estimate of drug-likeness (QED) is 0.766. The van der Waals surface area contributed by atoms with Gasteiger partial charge in [-0.15, -0.1) is 10.2 Å². The Kier molecular flexibility index (Phi) is 3.86. The van der Waals surface area contributed by atoms with E-state index in [0.717, 1.165) is 24.0 Å². The molecule has 25 heavy (non-hydrogen) atoms. The Labute approximate surface area is 144 Å². The van der Waals surface area contributed by atoms with E-state index in [2.05, 4.69) is 10.2 Å². The molecule has 1 aliphatic rings. The first kappa shape index (κ1) is 15.9. The fraction of sp³-hybridized carbons (Fsp3) is 0.263. The molecule has 0 fully saturated rings. The topological polar surface area (TPSA) is 85.2 Å². The summed E-state index contributed by atoms with van der Waals surface area (Å²) in [6, 6.07) is 11.9. The van der Waals surface area contributed by atoms with Crippen molar-refractivity contribution >= 4 is 0 Å². The molecule has 0 amide bonds. The van der Waals surface area contributed by atoms with Crippen LogP contribution >= 0.6 is 0 Å². The fourth-order valence-corrected chi connectivity index (χ4v) is 3.20. The zero-order chi connectivity index (χ0) is 17.4. The molecular formula is C19H18FN3O2. The number of aryl methyl sites for hydroxylation is 1. The van der Waals surface area contributed by atoms with Crippen molar-refractivity contribution in [1.82, 2.24) is 10.2 Å².